The third-order valence-electron chi connectivity index (χ3n) is 4.26. The highest BCUT2D eigenvalue weighted by atomic mass is 16.3. The lowest BCUT2D eigenvalue weighted by Gasteiger charge is -2.43. The molecule has 1 rings (SSSR count). The largest absolute Gasteiger partial charge is 0.391 e. The Kier molecular flexibility index (Phi) is 4.61. The average molecular weight is 237 g/mol. The van der Waals surface area contributed by atoms with Crippen molar-refractivity contribution in [3.63, 3.8) is 0 Å². The number of hydrogen-bond donors (Lipinski definition) is 1. The first-order chi connectivity index (χ1) is 7.85. The molecule has 0 aromatic heterocycles. The van der Waals surface area contributed by atoms with Gasteiger partial charge >= 0.3 is 0 Å². The van der Waals surface area contributed by atoms with Crippen molar-refractivity contribution in [2.24, 2.45) is 16.7 Å². The van der Waals surface area contributed by atoms with E-state index < -0.39 is 11.5 Å². The van der Waals surface area contributed by atoms with Crippen LogP contribution in [0.5, 0.6) is 0 Å². The second-order valence-corrected chi connectivity index (χ2v) is 6.77. The predicted octanol–water partition coefficient (Wildman–Crippen LogP) is 3.89. The van der Waals surface area contributed by atoms with E-state index in [4.69, 9.17) is 0 Å². The average Bonchev–Trinajstić information content (AvgIpc) is 2.29. The standard InChI is InChI=1S/C15H27NO/c1-5-6-12-7-9-15(11-16,10-8-12)13(17)14(2,3)4/h12-13,17H,5-10H2,1-4H3. The van der Waals surface area contributed by atoms with Crippen LogP contribution in [0.4, 0.5) is 0 Å². The number of rotatable bonds is 3. The molecule has 2 nitrogen and oxygen atoms in total. The fourth-order valence-corrected chi connectivity index (χ4v) is 3.16. The van der Waals surface area contributed by atoms with Crippen LogP contribution in [-0.4, -0.2) is 11.2 Å². The summed E-state index contributed by atoms with van der Waals surface area (Å²) >= 11 is 0. The maximum Gasteiger partial charge on any atom is 0.0837 e. The monoisotopic (exact) mass is 237 g/mol. The first-order valence-electron chi connectivity index (χ1n) is 6.95. The van der Waals surface area contributed by atoms with E-state index in [9.17, 15) is 10.4 Å². The van der Waals surface area contributed by atoms with Gasteiger partial charge in [-0.05, 0) is 37.0 Å². The van der Waals surface area contributed by atoms with Gasteiger partial charge in [0.25, 0.3) is 0 Å². The zero-order chi connectivity index (χ0) is 13.1. The molecule has 1 aliphatic carbocycles. The number of aliphatic hydroxyl groups excluding tert-OH is 1. The maximum atomic E-state index is 10.5. The van der Waals surface area contributed by atoms with Crippen LogP contribution >= 0.6 is 0 Å². The van der Waals surface area contributed by atoms with Gasteiger partial charge in [-0.2, -0.15) is 5.26 Å². The van der Waals surface area contributed by atoms with E-state index in [0.717, 1.165) is 31.6 Å². The highest BCUT2D eigenvalue weighted by Gasteiger charge is 2.46. The summed E-state index contributed by atoms with van der Waals surface area (Å²) in [4.78, 5) is 0. The van der Waals surface area contributed by atoms with Gasteiger partial charge in [0, 0.05) is 0 Å². The van der Waals surface area contributed by atoms with Crippen molar-refractivity contribution < 1.29 is 5.11 Å². The highest BCUT2D eigenvalue weighted by molar-refractivity contribution is 5.08. The van der Waals surface area contributed by atoms with Crippen molar-refractivity contribution in [2.75, 3.05) is 0 Å². The molecular formula is C15H27NO. The van der Waals surface area contributed by atoms with Crippen molar-refractivity contribution >= 4 is 0 Å². The Morgan fingerprint density at radius 3 is 2.24 bits per heavy atom. The molecule has 1 fully saturated rings. The zero-order valence-corrected chi connectivity index (χ0v) is 11.8. The number of hydrogen-bond acceptors (Lipinski definition) is 2. The minimum atomic E-state index is -0.512. The minimum Gasteiger partial charge on any atom is -0.391 e. The Morgan fingerprint density at radius 1 is 1.35 bits per heavy atom. The third-order valence-corrected chi connectivity index (χ3v) is 4.26. The summed E-state index contributed by atoms with van der Waals surface area (Å²) in [7, 11) is 0. The zero-order valence-electron chi connectivity index (χ0n) is 11.8. The third kappa shape index (κ3) is 3.22. The van der Waals surface area contributed by atoms with E-state index in [1.807, 2.05) is 20.8 Å². The van der Waals surface area contributed by atoms with E-state index in [1.54, 1.807) is 0 Å². The number of nitrogens with zero attached hydrogens (tertiary/aromatic N) is 1. The second kappa shape index (κ2) is 5.40. The molecule has 0 amide bonds. The summed E-state index contributed by atoms with van der Waals surface area (Å²) < 4.78 is 0. The van der Waals surface area contributed by atoms with E-state index in [1.165, 1.54) is 12.8 Å². The van der Waals surface area contributed by atoms with Crippen molar-refractivity contribution in [3.8, 4) is 6.07 Å². The number of nitriles is 1. The van der Waals surface area contributed by atoms with Gasteiger partial charge in [-0.25, -0.2) is 0 Å². The fraction of sp³-hybridized carbons (Fsp3) is 0.933. The molecular weight excluding hydrogens is 210 g/mol. The van der Waals surface area contributed by atoms with Crippen molar-refractivity contribution in [3.05, 3.63) is 0 Å². The summed E-state index contributed by atoms with van der Waals surface area (Å²) in [6, 6.07) is 2.44. The molecule has 1 aliphatic rings. The molecule has 0 bridgehead atoms. The predicted molar refractivity (Wildman–Crippen MR) is 70.4 cm³/mol. The van der Waals surface area contributed by atoms with E-state index in [2.05, 4.69) is 13.0 Å². The van der Waals surface area contributed by atoms with E-state index in [-0.39, 0.29) is 5.41 Å². The molecule has 0 aromatic rings. The van der Waals surface area contributed by atoms with Gasteiger partial charge in [0.15, 0.2) is 0 Å². The molecule has 17 heavy (non-hydrogen) atoms. The molecule has 0 aromatic carbocycles. The molecule has 0 saturated heterocycles. The molecule has 2 heteroatoms. The van der Waals surface area contributed by atoms with E-state index >= 15 is 0 Å². The minimum absolute atomic E-state index is 0.201. The van der Waals surface area contributed by atoms with Crippen LogP contribution in [-0.2, 0) is 0 Å². The van der Waals surface area contributed by atoms with E-state index in [0.29, 0.717) is 0 Å². The molecule has 0 aliphatic heterocycles. The van der Waals surface area contributed by atoms with Gasteiger partial charge in [-0.1, -0.05) is 40.5 Å². The Bertz CT molecular complexity index is 276. The quantitative estimate of drug-likeness (QED) is 0.809. The van der Waals surface area contributed by atoms with Crippen LogP contribution in [0.25, 0.3) is 0 Å². The van der Waals surface area contributed by atoms with Crippen LogP contribution < -0.4 is 0 Å². The summed E-state index contributed by atoms with van der Waals surface area (Å²) in [5.41, 5.74) is -0.699. The normalized spacial score (nSPS) is 31.9. The molecule has 1 N–H and O–H groups in total. The van der Waals surface area contributed by atoms with Gasteiger partial charge < -0.3 is 5.11 Å². The smallest absolute Gasteiger partial charge is 0.0837 e. The van der Waals surface area contributed by atoms with Crippen LogP contribution in [0.2, 0.25) is 0 Å². The molecule has 0 radical (unpaired) electrons. The van der Waals surface area contributed by atoms with Gasteiger partial charge in [0.05, 0.1) is 17.6 Å². The topological polar surface area (TPSA) is 44.0 Å². The van der Waals surface area contributed by atoms with Crippen molar-refractivity contribution in [2.45, 2.75) is 72.3 Å². The van der Waals surface area contributed by atoms with Crippen molar-refractivity contribution in [1.29, 1.82) is 5.26 Å². The molecule has 0 heterocycles. The van der Waals surface area contributed by atoms with Crippen LogP contribution in [0, 0.1) is 28.1 Å². The Balaban J connectivity index is 2.72. The Labute approximate surface area is 106 Å². The van der Waals surface area contributed by atoms with Gasteiger partial charge in [0.2, 0.25) is 0 Å². The summed E-state index contributed by atoms with van der Waals surface area (Å²) in [5, 5.41) is 19.9. The molecule has 0 spiro atoms. The lowest BCUT2D eigenvalue weighted by atomic mass is 9.62. The molecule has 1 atom stereocenters. The maximum absolute atomic E-state index is 10.5. The van der Waals surface area contributed by atoms with Crippen LogP contribution in [0.1, 0.15) is 66.2 Å². The summed E-state index contributed by atoms with van der Waals surface area (Å²) in [5.74, 6) is 0.772. The fourth-order valence-electron chi connectivity index (χ4n) is 3.16. The number of aliphatic hydroxyl groups is 1. The lowest BCUT2D eigenvalue weighted by Crippen LogP contribution is -2.45. The van der Waals surface area contributed by atoms with Gasteiger partial charge in [0.1, 0.15) is 0 Å². The highest BCUT2D eigenvalue weighted by Crippen LogP contribution is 2.46. The van der Waals surface area contributed by atoms with Crippen LogP contribution in [0.15, 0.2) is 0 Å². The van der Waals surface area contributed by atoms with Gasteiger partial charge in [-0.3, -0.25) is 0 Å². The Hall–Kier alpha value is -0.550. The molecule has 1 unspecified atom stereocenters. The van der Waals surface area contributed by atoms with Crippen molar-refractivity contribution in [1.82, 2.24) is 0 Å². The second-order valence-electron chi connectivity index (χ2n) is 6.77. The summed E-state index contributed by atoms with van der Waals surface area (Å²) in [6.45, 7) is 8.29. The lowest BCUT2D eigenvalue weighted by molar-refractivity contribution is -0.0453. The Morgan fingerprint density at radius 2 is 1.88 bits per heavy atom. The SMILES string of the molecule is CCCC1CCC(C#N)(C(O)C(C)(C)C)CC1. The summed E-state index contributed by atoms with van der Waals surface area (Å²) in [6.07, 6.45) is 5.93. The first-order valence-corrected chi connectivity index (χ1v) is 6.95. The molecule has 98 valence electrons. The molecule has 1 saturated carbocycles. The van der Waals surface area contributed by atoms with Gasteiger partial charge in [-0.15, -0.1) is 0 Å². The first kappa shape index (κ1) is 14.5. The van der Waals surface area contributed by atoms with Crippen LogP contribution in [0.3, 0.4) is 0 Å².